The summed E-state index contributed by atoms with van der Waals surface area (Å²) in [5.74, 6) is -1.17. The molecule has 0 saturated carbocycles. The Bertz CT molecular complexity index is 991. The van der Waals surface area contributed by atoms with Gasteiger partial charge in [0.25, 0.3) is 11.7 Å². The fourth-order valence-electron chi connectivity index (χ4n) is 2.86. The fourth-order valence-corrected chi connectivity index (χ4v) is 3.32. The lowest BCUT2D eigenvalue weighted by molar-refractivity contribution is -0.112. The van der Waals surface area contributed by atoms with E-state index in [0.717, 1.165) is 10.5 Å². The molecule has 0 bridgehead atoms. The van der Waals surface area contributed by atoms with Crippen molar-refractivity contribution in [2.75, 3.05) is 11.6 Å². The van der Waals surface area contributed by atoms with E-state index in [0.29, 0.717) is 17.9 Å². The molecule has 0 spiro atoms. The van der Waals surface area contributed by atoms with Crippen molar-refractivity contribution in [3.8, 4) is 0 Å². The molecule has 1 amide bonds. The number of hydrogen-bond donors (Lipinski definition) is 1. The van der Waals surface area contributed by atoms with Gasteiger partial charge in [-0.05, 0) is 67.1 Å². The number of anilines is 1. The van der Waals surface area contributed by atoms with Gasteiger partial charge in [0.2, 0.25) is 0 Å². The molecule has 2 aromatic carbocycles. The first-order chi connectivity index (χ1) is 13.0. The van der Waals surface area contributed by atoms with Crippen LogP contribution in [0.2, 0.25) is 0 Å². The predicted molar refractivity (Wildman–Crippen MR) is 111 cm³/mol. The quantitative estimate of drug-likeness (QED) is 0.384. The molecule has 0 aliphatic heterocycles. The number of nitrogens with zero attached hydrogens (tertiary/aromatic N) is 1. The van der Waals surface area contributed by atoms with Crippen LogP contribution in [-0.4, -0.2) is 22.5 Å². The number of benzene rings is 2. The number of carbonyl (C=O) groups is 2. The first-order valence-corrected chi connectivity index (χ1v) is 9.91. The number of Topliss-reactive ketones (excluding diaryl/α,β-unsaturated/α-hetero) is 1. The van der Waals surface area contributed by atoms with Crippen molar-refractivity contribution in [3.63, 3.8) is 0 Å². The molecule has 138 valence electrons. The van der Waals surface area contributed by atoms with Crippen molar-refractivity contribution in [2.24, 2.45) is 0 Å². The van der Waals surface area contributed by atoms with Crippen LogP contribution in [-0.2, 0) is 11.3 Å². The summed E-state index contributed by atoms with van der Waals surface area (Å²) in [6.07, 6.45) is 3.79. The summed E-state index contributed by atoms with van der Waals surface area (Å²) in [6, 6.07) is 17.1. The van der Waals surface area contributed by atoms with Gasteiger partial charge in [-0.3, -0.25) is 9.59 Å². The molecule has 0 fully saturated rings. The van der Waals surface area contributed by atoms with E-state index in [1.165, 1.54) is 11.1 Å². The largest absolute Gasteiger partial charge is 0.340 e. The number of nitrogens with one attached hydrogen (secondary N) is 1. The van der Waals surface area contributed by atoms with E-state index in [4.69, 9.17) is 0 Å². The Kier molecular flexibility index (Phi) is 5.81. The van der Waals surface area contributed by atoms with Crippen molar-refractivity contribution in [2.45, 2.75) is 25.3 Å². The third kappa shape index (κ3) is 4.49. The van der Waals surface area contributed by atoms with E-state index < -0.39 is 11.7 Å². The van der Waals surface area contributed by atoms with E-state index >= 15 is 0 Å². The van der Waals surface area contributed by atoms with E-state index in [9.17, 15) is 9.59 Å². The van der Waals surface area contributed by atoms with E-state index in [-0.39, 0.29) is 0 Å². The van der Waals surface area contributed by atoms with Gasteiger partial charge in [0.05, 0.1) is 5.69 Å². The number of carbonyl (C=O) groups excluding carboxylic acids is 2. The van der Waals surface area contributed by atoms with Crippen molar-refractivity contribution < 1.29 is 9.59 Å². The van der Waals surface area contributed by atoms with Crippen molar-refractivity contribution >= 4 is 29.1 Å². The van der Waals surface area contributed by atoms with Crippen LogP contribution in [0.25, 0.3) is 0 Å². The normalized spacial score (nSPS) is 10.6. The summed E-state index contributed by atoms with van der Waals surface area (Å²) in [5.41, 5.74) is 4.53. The maximum Gasteiger partial charge on any atom is 0.298 e. The Labute approximate surface area is 163 Å². The molecular weight excluding hydrogens is 356 g/mol. The Morgan fingerprint density at radius 1 is 1.00 bits per heavy atom. The maximum atomic E-state index is 12.7. The molecule has 5 heteroatoms. The van der Waals surface area contributed by atoms with Gasteiger partial charge in [0, 0.05) is 23.3 Å². The minimum absolute atomic E-state index is 0.381. The van der Waals surface area contributed by atoms with Gasteiger partial charge in [-0.2, -0.15) is 0 Å². The van der Waals surface area contributed by atoms with Crippen LogP contribution in [0.15, 0.2) is 65.7 Å². The first-order valence-electron chi connectivity index (χ1n) is 8.69. The molecule has 0 aliphatic rings. The monoisotopic (exact) mass is 378 g/mol. The molecule has 1 N–H and O–H groups in total. The summed E-state index contributed by atoms with van der Waals surface area (Å²) in [4.78, 5) is 26.1. The van der Waals surface area contributed by atoms with Gasteiger partial charge in [-0.15, -0.1) is 11.8 Å². The SMILES string of the molecule is CSc1cccc(NC(=O)C(=O)c2cccn2Cc2ccc(C)c(C)c2)c1. The molecule has 0 radical (unpaired) electrons. The molecule has 27 heavy (non-hydrogen) atoms. The number of ketones is 1. The molecule has 1 aromatic heterocycles. The number of aryl methyl sites for hydroxylation is 2. The van der Waals surface area contributed by atoms with E-state index in [2.05, 4.69) is 31.3 Å². The van der Waals surface area contributed by atoms with Crippen LogP contribution < -0.4 is 5.32 Å². The predicted octanol–water partition coefficient (Wildman–Crippen LogP) is 4.70. The molecular formula is C22H22N2O2S. The maximum absolute atomic E-state index is 12.7. The Hall–Kier alpha value is -2.79. The summed E-state index contributed by atoms with van der Waals surface area (Å²) < 4.78 is 1.81. The van der Waals surface area contributed by atoms with Crippen LogP contribution in [0.4, 0.5) is 5.69 Å². The second kappa shape index (κ2) is 8.27. The van der Waals surface area contributed by atoms with Crippen LogP contribution in [0.3, 0.4) is 0 Å². The Balaban J connectivity index is 1.76. The number of aromatic nitrogens is 1. The third-order valence-electron chi connectivity index (χ3n) is 4.52. The molecule has 0 saturated heterocycles. The van der Waals surface area contributed by atoms with Crippen molar-refractivity contribution in [3.05, 3.63) is 83.2 Å². The van der Waals surface area contributed by atoms with Crippen LogP contribution in [0.1, 0.15) is 27.2 Å². The third-order valence-corrected chi connectivity index (χ3v) is 5.25. The number of amides is 1. The smallest absolute Gasteiger partial charge is 0.298 e. The van der Waals surface area contributed by atoms with Gasteiger partial charge in [0.15, 0.2) is 0 Å². The van der Waals surface area contributed by atoms with E-state index in [1.54, 1.807) is 30.0 Å². The second-order valence-electron chi connectivity index (χ2n) is 6.46. The fraction of sp³-hybridized carbons (Fsp3) is 0.182. The molecule has 4 nitrogen and oxygen atoms in total. The lowest BCUT2D eigenvalue weighted by atomic mass is 10.1. The highest BCUT2D eigenvalue weighted by Gasteiger charge is 2.20. The highest BCUT2D eigenvalue weighted by Crippen LogP contribution is 2.19. The average molecular weight is 378 g/mol. The lowest BCUT2D eigenvalue weighted by Gasteiger charge is -2.11. The average Bonchev–Trinajstić information content (AvgIpc) is 3.12. The van der Waals surface area contributed by atoms with Crippen molar-refractivity contribution in [1.82, 2.24) is 4.57 Å². The summed E-state index contributed by atoms with van der Waals surface area (Å²) in [7, 11) is 0. The minimum Gasteiger partial charge on any atom is -0.340 e. The van der Waals surface area contributed by atoms with Crippen molar-refractivity contribution in [1.29, 1.82) is 0 Å². The minimum atomic E-state index is -0.631. The van der Waals surface area contributed by atoms with Crippen LogP contribution >= 0.6 is 11.8 Å². The van der Waals surface area contributed by atoms with Gasteiger partial charge >= 0.3 is 0 Å². The van der Waals surface area contributed by atoms with Gasteiger partial charge in [-0.1, -0.05) is 24.3 Å². The van der Waals surface area contributed by atoms with Gasteiger partial charge < -0.3 is 9.88 Å². The highest BCUT2D eigenvalue weighted by atomic mass is 32.2. The van der Waals surface area contributed by atoms with Gasteiger partial charge in [0.1, 0.15) is 0 Å². The highest BCUT2D eigenvalue weighted by molar-refractivity contribution is 7.98. The molecule has 0 unspecified atom stereocenters. The molecule has 0 aliphatic carbocycles. The summed E-state index contributed by atoms with van der Waals surface area (Å²) >= 11 is 1.58. The van der Waals surface area contributed by atoms with Crippen LogP contribution in [0.5, 0.6) is 0 Å². The Morgan fingerprint density at radius 2 is 1.81 bits per heavy atom. The van der Waals surface area contributed by atoms with Gasteiger partial charge in [-0.25, -0.2) is 0 Å². The zero-order chi connectivity index (χ0) is 19.4. The number of rotatable bonds is 6. The molecule has 0 atom stereocenters. The zero-order valence-corrected chi connectivity index (χ0v) is 16.5. The first kappa shape index (κ1) is 19.0. The molecule has 3 aromatic rings. The molecule has 3 rings (SSSR count). The number of thioether (sulfide) groups is 1. The van der Waals surface area contributed by atoms with E-state index in [1.807, 2.05) is 41.3 Å². The Morgan fingerprint density at radius 3 is 2.56 bits per heavy atom. The molecule has 1 heterocycles. The lowest BCUT2D eigenvalue weighted by Crippen LogP contribution is -2.25. The van der Waals surface area contributed by atoms with Crippen LogP contribution in [0, 0.1) is 13.8 Å². The topological polar surface area (TPSA) is 51.1 Å². The summed E-state index contributed by atoms with van der Waals surface area (Å²) in [5, 5.41) is 2.70. The summed E-state index contributed by atoms with van der Waals surface area (Å²) in [6.45, 7) is 4.68. The second-order valence-corrected chi connectivity index (χ2v) is 7.33. The standard InChI is InChI=1S/C22H22N2O2S/c1-15-9-10-17(12-16(15)2)14-24-11-5-8-20(24)21(25)22(26)23-18-6-4-7-19(13-18)27-3/h4-13H,14H2,1-3H3,(H,23,26). The number of hydrogen-bond acceptors (Lipinski definition) is 3. The zero-order valence-electron chi connectivity index (χ0n) is 15.7.